The third-order valence-corrected chi connectivity index (χ3v) is 4.55. The standard InChI is InChI=1S/C16H24N2O2S/c1-12(20-14-4-6-15(21-3)7-5-14)16(19)17-13-8-10-18(2)11-9-13/h4-7,12-13H,8-11H2,1-3H3,(H,17,19)/t12-/m1/s1. The highest BCUT2D eigenvalue weighted by atomic mass is 32.2. The second-order valence-corrected chi connectivity index (χ2v) is 6.40. The minimum atomic E-state index is -0.468. The van der Waals surface area contributed by atoms with Crippen molar-refractivity contribution in [1.82, 2.24) is 10.2 Å². The Balaban J connectivity index is 1.81. The van der Waals surface area contributed by atoms with Crippen molar-refractivity contribution in [3.05, 3.63) is 24.3 Å². The van der Waals surface area contributed by atoms with Gasteiger partial charge in [0.05, 0.1) is 0 Å². The van der Waals surface area contributed by atoms with Gasteiger partial charge in [-0.3, -0.25) is 4.79 Å². The number of hydrogen-bond acceptors (Lipinski definition) is 4. The summed E-state index contributed by atoms with van der Waals surface area (Å²) in [6.45, 7) is 3.87. The van der Waals surface area contributed by atoms with Crippen LogP contribution in [0.25, 0.3) is 0 Å². The van der Waals surface area contributed by atoms with Crippen molar-refractivity contribution in [2.75, 3.05) is 26.4 Å². The maximum atomic E-state index is 12.2. The van der Waals surface area contributed by atoms with Crippen molar-refractivity contribution in [1.29, 1.82) is 0 Å². The van der Waals surface area contributed by atoms with Crippen LogP contribution in [0.4, 0.5) is 0 Å². The maximum Gasteiger partial charge on any atom is 0.260 e. The Morgan fingerprint density at radius 1 is 1.33 bits per heavy atom. The number of likely N-dealkylation sites (tertiary alicyclic amines) is 1. The third kappa shape index (κ3) is 4.93. The second kappa shape index (κ2) is 7.71. The van der Waals surface area contributed by atoms with Crippen LogP contribution in [-0.2, 0) is 4.79 Å². The Kier molecular flexibility index (Phi) is 5.94. The predicted molar refractivity (Wildman–Crippen MR) is 87.0 cm³/mol. The molecule has 1 N–H and O–H groups in total. The number of rotatable bonds is 5. The molecule has 5 heteroatoms. The average molecular weight is 308 g/mol. The van der Waals surface area contributed by atoms with Crippen LogP contribution < -0.4 is 10.1 Å². The van der Waals surface area contributed by atoms with Gasteiger partial charge in [0.2, 0.25) is 0 Å². The number of benzene rings is 1. The maximum absolute atomic E-state index is 12.2. The van der Waals surface area contributed by atoms with E-state index in [4.69, 9.17) is 4.74 Å². The van der Waals surface area contributed by atoms with Crippen LogP contribution in [0.1, 0.15) is 19.8 Å². The summed E-state index contributed by atoms with van der Waals surface area (Å²) in [5.41, 5.74) is 0. The molecule has 1 aromatic rings. The fraction of sp³-hybridized carbons (Fsp3) is 0.562. The third-order valence-electron chi connectivity index (χ3n) is 3.81. The van der Waals surface area contributed by atoms with Crippen LogP contribution in [0.5, 0.6) is 5.75 Å². The normalized spacial score (nSPS) is 18.2. The van der Waals surface area contributed by atoms with Gasteiger partial charge in [-0.05, 0) is 70.4 Å². The Labute approximate surface area is 131 Å². The smallest absolute Gasteiger partial charge is 0.260 e. The molecule has 0 radical (unpaired) electrons. The van der Waals surface area contributed by atoms with E-state index in [2.05, 4.69) is 17.3 Å². The zero-order chi connectivity index (χ0) is 15.2. The van der Waals surface area contributed by atoms with E-state index >= 15 is 0 Å². The molecule has 116 valence electrons. The van der Waals surface area contributed by atoms with Crippen molar-refractivity contribution in [2.24, 2.45) is 0 Å². The molecule has 0 spiro atoms. The first kappa shape index (κ1) is 16.2. The number of nitrogens with zero attached hydrogens (tertiary/aromatic N) is 1. The van der Waals surface area contributed by atoms with Crippen molar-refractivity contribution in [2.45, 2.75) is 36.8 Å². The highest BCUT2D eigenvalue weighted by molar-refractivity contribution is 7.98. The highest BCUT2D eigenvalue weighted by Gasteiger charge is 2.22. The van der Waals surface area contributed by atoms with Gasteiger partial charge >= 0.3 is 0 Å². The minimum Gasteiger partial charge on any atom is -0.481 e. The molecule has 1 amide bonds. The Morgan fingerprint density at radius 3 is 2.52 bits per heavy atom. The molecule has 1 aliphatic rings. The van der Waals surface area contributed by atoms with Gasteiger partial charge in [-0.1, -0.05) is 0 Å². The average Bonchev–Trinajstić information content (AvgIpc) is 2.50. The number of piperidine rings is 1. The van der Waals surface area contributed by atoms with E-state index in [0.29, 0.717) is 0 Å². The Morgan fingerprint density at radius 2 is 1.95 bits per heavy atom. The molecule has 1 heterocycles. The zero-order valence-corrected chi connectivity index (χ0v) is 13.8. The van der Waals surface area contributed by atoms with Gasteiger partial charge in [0.1, 0.15) is 5.75 Å². The molecule has 0 saturated carbocycles. The first-order chi connectivity index (χ1) is 10.1. The number of carbonyl (C=O) groups excluding carboxylic acids is 1. The summed E-state index contributed by atoms with van der Waals surface area (Å²) in [6.07, 6.45) is 3.59. The van der Waals surface area contributed by atoms with Gasteiger partial charge in [-0.25, -0.2) is 0 Å². The van der Waals surface area contributed by atoms with Gasteiger partial charge in [-0.2, -0.15) is 0 Å². The topological polar surface area (TPSA) is 41.6 Å². The molecule has 1 aliphatic heterocycles. The molecule has 1 aromatic carbocycles. The summed E-state index contributed by atoms with van der Waals surface area (Å²) >= 11 is 1.69. The largest absolute Gasteiger partial charge is 0.481 e. The van der Waals surface area contributed by atoms with E-state index in [1.165, 1.54) is 4.90 Å². The summed E-state index contributed by atoms with van der Waals surface area (Å²) in [5, 5.41) is 3.09. The summed E-state index contributed by atoms with van der Waals surface area (Å²) in [7, 11) is 2.11. The minimum absolute atomic E-state index is 0.0292. The molecule has 1 saturated heterocycles. The lowest BCUT2D eigenvalue weighted by Crippen LogP contribution is -2.47. The van der Waals surface area contributed by atoms with E-state index in [1.54, 1.807) is 18.7 Å². The SMILES string of the molecule is CSc1ccc(O[C@H](C)C(=O)NC2CCN(C)CC2)cc1. The van der Waals surface area contributed by atoms with E-state index in [9.17, 15) is 4.79 Å². The number of ether oxygens (including phenoxy) is 1. The molecule has 21 heavy (non-hydrogen) atoms. The number of thioether (sulfide) groups is 1. The number of amides is 1. The van der Waals surface area contributed by atoms with E-state index in [0.717, 1.165) is 31.7 Å². The first-order valence-corrected chi connectivity index (χ1v) is 8.60. The zero-order valence-electron chi connectivity index (χ0n) is 13.0. The van der Waals surface area contributed by atoms with Crippen LogP contribution in [0, 0.1) is 0 Å². The summed E-state index contributed by atoms with van der Waals surface area (Å²) in [6, 6.07) is 8.10. The first-order valence-electron chi connectivity index (χ1n) is 7.38. The molecule has 2 rings (SSSR count). The Bertz CT molecular complexity index is 456. The molecule has 0 aromatic heterocycles. The van der Waals surface area contributed by atoms with Crippen LogP contribution >= 0.6 is 11.8 Å². The van der Waals surface area contributed by atoms with E-state index < -0.39 is 6.10 Å². The molecular weight excluding hydrogens is 284 g/mol. The quantitative estimate of drug-likeness (QED) is 0.848. The van der Waals surface area contributed by atoms with Crippen LogP contribution in [0.2, 0.25) is 0 Å². The van der Waals surface area contributed by atoms with Crippen molar-refractivity contribution >= 4 is 17.7 Å². The lowest BCUT2D eigenvalue weighted by molar-refractivity contribution is -0.128. The van der Waals surface area contributed by atoms with Crippen LogP contribution in [0.15, 0.2) is 29.2 Å². The van der Waals surface area contributed by atoms with Crippen LogP contribution in [-0.4, -0.2) is 49.3 Å². The number of hydrogen-bond donors (Lipinski definition) is 1. The van der Waals surface area contributed by atoms with Gasteiger partial charge in [-0.15, -0.1) is 11.8 Å². The summed E-state index contributed by atoms with van der Waals surface area (Å²) < 4.78 is 5.71. The summed E-state index contributed by atoms with van der Waals surface area (Å²) in [4.78, 5) is 15.6. The molecular formula is C16H24N2O2S. The number of carbonyl (C=O) groups is 1. The molecule has 0 aliphatic carbocycles. The Hall–Kier alpha value is -1.20. The van der Waals surface area contributed by atoms with E-state index in [-0.39, 0.29) is 11.9 Å². The second-order valence-electron chi connectivity index (χ2n) is 5.52. The van der Waals surface area contributed by atoms with E-state index in [1.807, 2.05) is 30.5 Å². The fourth-order valence-electron chi connectivity index (χ4n) is 2.38. The van der Waals surface area contributed by atoms with Crippen molar-refractivity contribution in [3.63, 3.8) is 0 Å². The molecule has 1 fully saturated rings. The lowest BCUT2D eigenvalue weighted by Gasteiger charge is -2.30. The number of nitrogens with one attached hydrogen (secondary N) is 1. The predicted octanol–water partition coefficient (Wildman–Crippen LogP) is 2.39. The highest BCUT2D eigenvalue weighted by Crippen LogP contribution is 2.20. The van der Waals surface area contributed by atoms with Crippen molar-refractivity contribution < 1.29 is 9.53 Å². The van der Waals surface area contributed by atoms with Crippen LogP contribution in [0.3, 0.4) is 0 Å². The molecule has 4 nitrogen and oxygen atoms in total. The molecule has 0 bridgehead atoms. The van der Waals surface area contributed by atoms with Gasteiger partial charge < -0.3 is 15.0 Å². The summed E-state index contributed by atoms with van der Waals surface area (Å²) in [5.74, 6) is 0.706. The lowest BCUT2D eigenvalue weighted by atomic mass is 10.1. The van der Waals surface area contributed by atoms with Gasteiger partial charge in [0, 0.05) is 10.9 Å². The molecule has 1 atom stereocenters. The fourth-order valence-corrected chi connectivity index (χ4v) is 2.79. The van der Waals surface area contributed by atoms with Crippen molar-refractivity contribution in [3.8, 4) is 5.75 Å². The van der Waals surface area contributed by atoms with Gasteiger partial charge in [0.25, 0.3) is 5.91 Å². The monoisotopic (exact) mass is 308 g/mol. The molecule has 0 unspecified atom stereocenters. The van der Waals surface area contributed by atoms with Gasteiger partial charge in [0.15, 0.2) is 6.10 Å².